The maximum Gasteiger partial charge on any atom is 0.274 e. The lowest BCUT2D eigenvalue weighted by atomic mass is 10.3. The molecule has 4 nitrogen and oxygen atoms in total. The molecule has 0 spiro atoms. The smallest absolute Gasteiger partial charge is 0.274 e. The molecule has 0 aliphatic carbocycles. The molecule has 0 unspecified atom stereocenters. The number of rotatable bonds is 1. The van der Waals surface area contributed by atoms with Gasteiger partial charge in [-0.1, -0.05) is 12.1 Å². The summed E-state index contributed by atoms with van der Waals surface area (Å²) < 4.78 is 0. The van der Waals surface area contributed by atoms with Crippen LogP contribution < -0.4 is 0 Å². The molecule has 86 valence electrons. The van der Waals surface area contributed by atoms with Crippen molar-refractivity contribution in [2.24, 2.45) is 0 Å². The molecule has 0 N–H and O–H groups in total. The van der Waals surface area contributed by atoms with E-state index in [4.69, 9.17) is 0 Å². The molecule has 1 aliphatic heterocycles. The lowest BCUT2D eigenvalue weighted by Crippen LogP contribution is -2.28. The van der Waals surface area contributed by atoms with E-state index >= 15 is 0 Å². The van der Waals surface area contributed by atoms with Gasteiger partial charge in [-0.25, -0.2) is 4.98 Å². The van der Waals surface area contributed by atoms with Crippen LogP contribution in [0.25, 0.3) is 11.0 Å². The van der Waals surface area contributed by atoms with Crippen LogP contribution in [0, 0.1) is 0 Å². The summed E-state index contributed by atoms with van der Waals surface area (Å²) in [6.07, 6.45) is 1.56. The second-order valence-electron chi connectivity index (χ2n) is 3.85. The van der Waals surface area contributed by atoms with Gasteiger partial charge in [-0.15, -0.1) is 11.8 Å². The van der Waals surface area contributed by atoms with E-state index < -0.39 is 0 Å². The first kappa shape index (κ1) is 10.5. The van der Waals surface area contributed by atoms with Crippen LogP contribution in [0.3, 0.4) is 0 Å². The minimum absolute atomic E-state index is 0.0201. The molecule has 0 atom stereocenters. The summed E-state index contributed by atoms with van der Waals surface area (Å²) in [7, 11) is 0. The summed E-state index contributed by atoms with van der Waals surface area (Å²) in [4.78, 5) is 22.5. The molecule has 1 aliphatic rings. The van der Waals surface area contributed by atoms with Crippen LogP contribution in [-0.2, 0) is 0 Å². The van der Waals surface area contributed by atoms with Crippen molar-refractivity contribution in [3.63, 3.8) is 0 Å². The SMILES string of the molecule is O=C(c1cnc2ccccc2n1)N1CCSC1. The first-order chi connectivity index (χ1) is 8.34. The lowest BCUT2D eigenvalue weighted by Gasteiger charge is -2.13. The van der Waals surface area contributed by atoms with Crippen LogP contribution in [0.15, 0.2) is 30.5 Å². The van der Waals surface area contributed by atoms with Crippen LogP contribution in [0.2, 0.25) is 0 Å². The Hall–Kier alpha value is -1.62. The summed E-state index contributed by atoms with van der Waals surface area (Å²) in [6.45, 7) is 0.804. The number of hydrogen-bond donors (Lipinski definition) is 0. The molecule has 0 radical (unpaired) electrons. The van der Waals surface area contributed by atoms with E-state index in [1.54, 1.807) is 18.0 Å². The second kappa shape index (κ2) is 4.33. The Balaban J connectivity index is 1.97. The number of fused-ring (bicyclic) bond motifs is 1. The minimum Gasteiger partial charge on any atom is -0.327 e. The van der Waals surface area contributed by atoms with Crippen LogP contribution in [0.1, 0.15) is 10.5 Å². The average Bonchev–Trinajstić information content (AvgIpc) is 2.91. The van der Waals surface area contributed by atoms with Crippen LogP contribution in [-0.4, -0.2) is 38.9 Å². The highest BCUT2D eigenvalue weighted by atomic mass is 32.2. The molecule has 5 heteroatoms. The Morgan fingerprint density at radius 3 is 2.88 bits per heavy atom. The Kier molecular flexibility index (Phi) is 2.68. The molecule has 2 aromatic rings. The highest BCUT2D eigenvalue weighted by molar-refractivity contribution is 7.99. The fourth-order valence-electron chi connectivity index (χ4n) is 1.80. The van der Waals surface area contributed by atoms with Crippen molar-refractivity contribution in [3.8, 4) is 0 Å². The maximum absolute atomic E-state index is 12.1. The number of hydrogen-bond acceptors (Lipinski definition) is 4. The third-order valence-corrected chi connectivity index (χ3v) is 3.67. The van der Waals surface area contributed by atoms with Crippen molar-refractivity contribution in [2.75, 3.05) is 18.2 Å². The van der Waals surface area contributed by atoms with Crippen molar-refractivity contribution in [2.45, 2.75) is 0 Å². The third-order valence-electron chi connectivity index (χ3n) is 2.71. The van der Waals surface area contributed by atoms with E-state index in [9.17, 15) is 4.79 Å². The molecular formula is C12H11N3OS. The molecule has 1 aromatic carbocycles. The highest BCUT2D eigenvalue weighted by Crippen LogP contribution is 2.16. The third kappa shape index (κ3) is 1.98. The summed E-state index contributed by atoms with van der Waals surface area (Å²) in [5.41, 5.74) is 2.02. The van der Waals surface area contributed by atoms with Crippen molar-refractivity contribution >= 4 is 28.7 Å². The quantitative estimate of drug-likeness (QED) is 0.768. The zero-order valence-electron chi connectivity index (χ0n) is 9.17. The van der Waals surface area contributed by atoms with Crippen molar-refractivity contribution in [1.29, 1.82) is 0 Å². The van der Waals surface area contributed by atoms with Gasteiger partial charge < -0.3 is 4.90 Å². The topological polar surface area (TPSA) is 46.1 Å². The van der Waals surface area contributed by atoms with E-state index in [0.717, 1.165) is 29.2 Å². The van der Waals surface area contributed by atoms with Gasteiger partial charge in [0.2, 0.25) is 0 Å². The van der Waals surface area contributed by atoms with Gasteiger partial charge in [0.05, 0.1) is 23.1 Å². The largest absolute Gasteiger partial charge is 0.327 e. The van der Waals surface area contributed by atoms with Gasteiger partial charge in [-0.05, 0) is 12.1 Å². The summed E-state index contributed by atoms with van der Waals surface area (Å²) in [5.74, 6) is 1.74. The molecule has 17 heavy (non-hydrogen) atoms. The van der Waals surface area contributed by atoms with Gasteiger partial charge in [-0.2, -0.15) is 0 Å². The number of thioether (sulfide) groups is 1. The van der Waals surface area contributed by atoms with Gasteiger partial charge in [0.25, 0.3) is 5.91 Å². The molecule has 0 bridgehead atoms. The van der Waals surface area contributed by atoms with Crippen molar-refractivity contribution in [1.82, 2.24) is 14.9 Å². The molecule has 2 heterocycles. The number of para-hydroxylation sites is 2. The van der Waals surface area contributed by atoms with E-state index in [1.165, 1.54) is 0 Å². The zero-order chi connectivity index (χ0) is 11.7. The first-order valence-corrected chi connectivity index (χ1v) is 6.59. The van der Waals surface area contributed by atoms with E-state index in [0.29, 0.717) is 5.69 Å². The van der Waals surface area contributed by atoms with Gasteiger partial charge in [-0.3, -0.25) is 9.78 Å². The van der Waals surface area contributed by atoms with Gasteiger partial charge in [0.1, 0.15) is 5.69 Å². The molecule has 1 fully saturated rings. The predicted molar refractivity (Wildman–Crippen MR) is 67.9 cm³/mol. The lowest BCUT2D eigenvalue weighted by molar-refractivity contribution is 0.0797. The fourth-order valence-corrected chi connectivity index (χ4v) is 2.74. The molecule has 1 saturated heterocycles. The number of carbonyl (C=O) groups excluding carboxylic acids is 1. The summed E-state index contributed by atoms with van der Waals surface area (Å²) in [6, 6.07) is 7.58. The van der Waals surface area contributed by atoms with Crippen molar-refractivity contribution < 1.29 is 4.79 Å². The van der Waals surface area contributed by atoms with Crippen LogP contribution in [0.4, 0.5) is 0 Å². The Morgan fingerprint density at radius 1 is 1.29 bits per heavy atom. The molecule has 3 rings (SSSR count). The minimum atomic E-state index is -0.0201. The van der Waals surface area contributed by atoms with Crippen molar-refractivity contribution in [3.05, 3.63) is 36.2 Å². The van der Waals surface area contributed by atoms with E-state index in [1.807, 2.05) is 29.2 Å². The van der Waals surface area contributed by atoms with E-state index in [2.05, 4.69) is 9.97 Å². The van der Waals surface area contributed by atoms with Crippen LogP contribution >= 0.6 is 11.8 Å². The van der Waals surface area contributed by atoms with E-state index in [-0.39, 0.29) is 5.91 Å². The standard InChI is InChI=1S/C12H11N3OS/c16-12(15-5-6-17-8-15)11-7-13-9-3-1-2-4-10(9)14-11/h1-4,7H,5-6,8H2. The number of benzene rings is 1. The first-order valence-electron chi connectivity index (χ1n) is 5.43. The fraction of sp³-hybridized carbons (Fsp3) is 0.250. The normalized spacial score (nSPS) is 15.4. The van der Waals surface area contributed by atoms with Gasteiger partial charge >= 0.3 is 0 Å². The number of carbonyl (C=O) groups is 1. The number of amides is 1. The molecule has 1 amide bonds. The zero-order valence-corrected chi connectivity index (χ0v) is 9.98. The van der Waals surface area contributed by atoms with Crippen LogP contribution in [0.5, 0.6) is 0 Å². The van der Waals surface area contributed by atoms with Gasteiger partial charge in [0.15, 0.2) is 0 Å². The molecule has 1 aromatic heterocycles. The monoisotopic (exact) mass is 245 g/mol. The van der Waals surface area contributed by atoms with Gasteiger partial charge in [0, 0.05) is 12.3 Å². The number of nitrogens with zero attached hydrogens (tertiary/aromatic N) is 3. The summed E-state index contributed by atoms with van der Waals surface area (Å²) >= 11 is 1.77. The number of aromatic nitrogens is 2. The molecule has 0 saturated carbocycles. The second-order valence-corrected chi connectivity index (χ2v) is 4.92. The maximum atomic E-state index is 12.1. The molecular weight excluding hydrogens is 234 g/mol. The average molecular weight is 245 g/mol. The summed E-state index contributed by atoms with van der Waals surface area (Å²) in [5, 5.41) is 0. The Bertz CT molecular complexity index is 566. The highest BCUT2D eigenvalue weighted by Gasteiger charge is 2.21. The Labute approximate surface area is 103 Å². The predicted octanol–water partition coefficient (Wildman–Crippen LogP) is 1.78. The Morgan fingerprint density at radius 2 is 2.12 bits per heavy atom.